The van der Waals surface area contributed by atoms with Gasteiger partial charge in [-0.3, -0.25) is 14.7 Å². The van der Waals surface area contributed by atoms with Gasteiger partial charge in [-0.1, -0.05) is 11.8 Å². The lowest BCUT2D eigenvalue weighted by molar-refractivity contribution is -0.117. The molecular weight excluding hydrogens is 420 g/mol. The van der Waals surface area contributed by atoms with Gasteiger partial charge in [0.1, 0.15) is 13.2 Å². The molecule has 0 radical (unpaired) electrons. The Labute approximate surface area is 183 Å². The molecule has 0 bridgehead atoms. The zero-order valence-electron chi connectivity index (χ0n) is 17.0. The molecule has 2 fully saturated rings. The predicted octanol–water partition coefficient (Wildman–Crippen LogP) is 2.42. The van der Waals surface area contributed by atoms with Gasteiger partial charge in [0.25, 0.3) is 0 Å². The number of hydrogen-bond donors (Lipinski definition) is 2. The lowest BCUT2D eigenvalue weighted by Gasteiger charge is -2.19. The van der Waals surface area contributed by atoms with Gasteiger partial charge in [-0.05, 0) is 37.8 Å². The number of ether oxygens (including phenoxy) is 2. The van der Waals surface area contributed by atoms with Crippen LogP contribution in [-0.2, 0) is 4.79 Å². The molecule has 2 aliphatic heterocycles. The van der Waals surface area contributed by atoms with Crippen LogP contribution < -0.4 is 25.0 Å². The van der Waals surface area contributed by atoms with E-state index in [1.807, 2.05) is 0 Å². The molecular formula is C20H24N6O4S. The van der Waals surface area contributed by atoms with Crippen molar-refractivity contribution in [3.8, 4) is 11.5 Å². The Balaban J connectivity index is 1.15. The van der Waals surface area contributed by atoms with Crippen molar-refractivity contribution in [2.75, 3.05) is 42.3 Å². The zero-order valence-corrected chi connectivity index (χ0v) is 17.8. The van der Waals surface area contributed by atoms with Crippen molar-refractivity contribution in [3.05, 3.63) is 18.2 Å². The first kappa shape index (κ1) is 20.0. The van der Waals surface area contributed by atoms with Crippen LogP contribution in [0.1, 0.15) is 31.7 Å². The molecule has 1 aliphatic carbocycles. The summed E-state index contributed by atoms with van der Waals surface area (Å²) in [6.45, 7) is 2.95. The maximum atomic E-state index is 12.3. The van der Waals surface area contributed by atoms with E-state index in [-0.39, 0.29) is 5.75 Å². The molecule has 31 heavy (non-hydrogen) atoms. The van der Waals surface area contributed by atoms with Gasteiger partial charge in [0.2, 0.25) is 11.9 Å². The quantitative estimate of drug-likeness (QED) is 0.654. The lowest BCUT2D eigenvalue weighted by Crippen LogP contribution is -2.35. The van der Waals surface area contributed by atoms with E-state index in [1.165, 1.54) is 24.6 Å². The summed E-state index contributed by atoms with van der Waals surface area (Å²) in [5.74, 6) is 1.80. The van der Waals surface area contributed by atoms with E-state index in [0.29, 0.717) is 36.4 Å². The van der Waals surface area contributed by atoms with Crippen LogP contribution in [0.15, 0.2) is 23.4 Å². The third-order valence-corrected chi connectivity index (χ3v) is 6.28. The van der Waals surface area contributed by atoms with Crippen LogP contribution in [0.4, 0.5) is 16.4 Å². The SMILES string of the molecule is O=C(CSc1nnc(N2CCCC2)n1C1CC1)NC(=O)Nc1ccc2c(c1)OCCO2. The number of rotatable bonds is 6. The summed E-state index contributed by atoms with van der Waals surface area (Å²) in [7, 11) is 0. The fourth-order valence-electron chi connectivity index (χ4n) is 3.73. The van der Waals surface area contributed by atoms with Crippen molar-refractivity contribution in [3.63, 3.8) is 0 Å². The average Bonchev–Trinajstić information content (AvgIpc) is 3.29. The highest BCUT2D eigenvalue weighted by Gasteiger charge is 2.32. The number of carbonyl (C=O) groups excluding carboxylic acids is 2. The van der Waals surface area contributed by atoms with E-state index in [1.54, 1.807) is 18.2 Å². The molecule has 1 aromatic heterocycles. The zero-order chi connectivity index (χ0) is 21.2. The number of benzene rings is 1. The van der Waals surface area contributed by atoms with Crippen LogP contribution in [0.25, 0.3) is 0 Å². The topological polar surface area (TPSA) is 111 Å². The Bertz CT molecular complexity index is 986. The Kier molecular flexibility index (Phi) is 5.58. The lowest BCUT2D eigenvalue weighted by atomic mass is 10.2. The van der Waals surface area contributed by atoms with Gasteiger partial charge >= 0.3 is 6.03 Å². The normalized spacial score (nSPS) is 17.5. The van der Waals surface area contributed by atoms with E-state index < -0.39 is 11.9 Å². The van der Waals surface area contributed by atoms with Crippen LogP contribution in [0.3, 0.4) is 0 Å². The average molecular weight is 445 g/mol. The highest BCUT2D eigenvalue weighted by Crippen LogP contribution is 2.41. The number of amides is 3. The number of hydrogen-bond acceptors (Lipinski definition) is 8. The molecule has 2 aromatic rings. The smallest absolute Gasteiger partial charge is 0.325 e. The molecule has 0 spiro atoms. The van der Waals surface area contributed by atoms with E-state index in [0.717, 1.165) is 37.0 Å². The molecule has 0 unspecified atom stereocenters. The second-order valence-corrected chi connectivity index (χ2v) is 8.67. The van der Waals surface area contributed by atoms with Crippen molar-refractivity contribution in [1.29, 1.82) is 0 Å². The Hall–Kier alpha value is -2.95. The van der Waals surface area contributed by atoms with E-state index in [4.69, 9.17) is 9.47 Å². The standard InChI is InChI=1S/C20H24N6O4S/c27-17(22-18(28)21-13-3-6-15-16(11-13)30-10-9-29-15)12-31-20-24-23-19(25-7-1-2-8-25)26(20)14-4-5-14/h3,6,11,14H,1-2,4-5,7-10,12H2,(H2,21,22,27,28). The summed E-state index contributed by atoms with van der Waals surface area (Å²) in [5, 5.41) is 14.4. The highest BCUT2D eigenvalue weighted by molar-refractivity contribution is 7.99. The predicted molar refractivity (Wildman–Crippen MR) is 115 cm³/mol. The molecule has 1 aromatic carbocycles. The maximum absolute atomic E-state index is 12.3. The summed E-state index contributed by atoms with van der Waals surface area (Å²) in [6.07, 6.45) is 4.55. The van der Waals surface area contributed by atoms with Crippen molar-refractivity contribution < 1.29 is 19.1 Å². The molecule has 2 N–H and O–H groups in total. The first-order chi connectivity index (χ1) is 15.2. The number of carbonyl (C=O) groups is 2. The fourth-order valence-corrected chi connectivity index (χ4v) is 4.53. The third kappa shape index (κ3) is 4.55. The first-order valence-electron chi connectivity index (χ1n) is 10.5. The number of nitrogens with one attached hydrogen (secondary N) is 2. The van der Waals surface area contributed by atoms with Crippen LogP contribution in [0, 0.1) is 0 Å². The minimum atomic E-state index is -0.594. The minimum Gasteiger partial charge on any atom is -0.486 e. The van der Waals surface area contributed by atoms with E-state index in [2.05, 4.69) is 30.3 Å². The molecule has 3 amide bonds. The second-order valence-electron chi connectivity index (χ2n) is 7.73. The number of nitrogens with zero attached hydrogens (tertiary/aromatic N) is 4. The number of anilines is 2. The summed E-state index contributed by atoms with van der Waals surface area (Å²) in [5.41, 5.74) is 0.519. The third-order valence-electron chi connectivity index (χ3n) is 5.33. The molecule has 3 heterocycles. The summed E-state index contributed by atoms with van der Waals surface area (Å²) in [4.78, 5) is 26.8. The Morgan fingerprint density at radius 3 is 2.65 bits per heavy atom. The first-order valence-corrected chi connectivity index (χ1v) is 11.5. The minimum absolute atomic E-state index is 0.0828. The van der Waals surface area contributed by atoms with Gasteiger partial charge in [0.05, 0.1) is 5.75 Å². The molecule has 3 aliphatic rings. The molecule has 1 saturated heterocycles. The number of urea groups is 1. The fraction of sp³-hybridized carbons (Fsp3) is 0.500. The van der Waals surface area contributed by atoms with Gasteiger partial charge in [-0.15, -0.1) is 10.2 Å². The highest BCUT2D eigenvalue weighted by atomic mass is 32.2. The number of imide groups is 1. The number of aromatic nitrogens is 3. The van der Waals surface area contributed by atoms with Crippen molar-refractivity contribution in [1.82, 2.24) is 20.1 Å². The van der Waals surface area contributed by atoms with Crippen LogP contribution in [0.2, 0.25) is 0 Å². The monoisotopic (exact) mass is 444 g/mol. The van der Waals surface area contributed by atoms with Gasteiger partial charge < -0.3 is 19.7 Å². The molecule has 10 nitrogen and oxygen atoms in total. The molecule has 5 rings (SSSR count). The van der Waals surface area contributed by atoms with Crippen molar-refractivity contribution >= 4 is 35.3 Å². The van der Waals surface area contributed by atoms with Gasteiger partial charge in [-0.25, -0.2) is 4.79 Å². The van der Waals surface area contributed by atoms with E-state index in [9.17, 15) is 9.59 Å². The molecule has 164 valence electrons. The maximum Gasteiger partial charge on any atom is 0.325 e. The molecule has 1 saturated carbocycles. The number of thioether (sulfide) groups is 1. The van der Waals surface area contributed by atoms with E-state index >= 15 is 0 Å². The molecule has 11 heteroatoms. The Morgan fingerprint density at radius 2 is 1.87 bits per heavy atom. The molecule has 0 atom stereocenters. The van der Waals surface area contributed by atoms with Crippen molar-refractivity contribution in [2.24, 2.45) is 0 Å². The van der Waals surface area contributed by atoms with Gasteiger partial charge in [-0.2, -0.15) is 0 Å². The summed E-state index contributed by atoms with van der Waals surface area (Å²) >= 11 is 1.30. The van der Waals surface area contributed by atoms with Crippen LogP contribution >= 0.6 is 11.8 Å². The van der Waals surface area contributed by atoms with Crippen LogP contribution in [0.5, 0.6) is 11.5 Å². The summed E-state index contributed by atoms with van der Waals surface area (Å²) < 4.78 is 13.1. The van der Waals surface area contributed by atoms with Crippen LogP contribution in [-0.4, -0.2) is 58.8 Å². The summed E-state index contributed by atoms with van der Waals surface area (Å²) in [6, 6.07) is 4.92. The van der Waals surface area contributed by atoms with Crippen molar-refractivity contribution in [2.45, 2.75) is 36.9 Å². The second kappa shape index (κ2) is 8.66. The Morgan fingerprint density at radius 1 is 1.10 bits per heavy atom. The van der Waals surface area contributed by atoms with Gasteiger partial charge in [0, 0.05) is 30.9 Å². The number of fused-ring (bicyclic) bond motifs is 1. The van der Waals surface area contributed by atoms with Gasteiger partial charge in [0.15, 0.2) is 16.7 Å². The largest absolute Gasteiger partial charge is 0.486 e.